The van der Waals surface area contributed by atoms with Gasteiger partial charge in [-0.25, -0.2) is 0 Å². The van der Waals surface area contributed by atoms with Crippen molar-refractivity contribution >= 4 is 0 Å². The van der Waals surface area contributed by atoms with Crippen molar-refractivity contribution in [2.45, 2.75) is 51.2 Å². The summed E-state index contributed by atoms with van der Waals surface area (Å²) in [6, 6.07) is 17.8. The Morgan fingerprint density at radius 3 is 2.46 bits per heavy atom. The standard InChI is InChI=1S/C25H32N2O/c1-2-4-20(5-3-1)19-27-14-10-25(11-15-27)17-21-6-7-24(16-22(21)18-25)28-23-8-12-26-13-9-23/h1-7,16,23,26H,8-15,17-19H2. The molecule has 0 bridgehead atoms. The number of rotatable bonds is 4. The summed E-state index contributed by atoms with van der Waals surface area (Å²) < 4.78 is 6.29. The van der Waals surface area contributed by atoms with Gasteiger partial charge in [0.25, 0.3) is 0 Å². The minimum Gasteiger partial charge on any atom is -0.490 e. The fraction of sp³-hybridized carbons (Fsp3) is 0.520. The van der Waals surface area contributed by atoms with E-state index in [0.29, 0.717) is 11.5 Å². The molecule has 2 aromatic carbocycles. The van der Waals surface area contributed by atoms with Gasteiger partial charge >= 0.3 is 0 Å². The molecule has 2 aromatic rings. The Balaban J connectivity index is 1.19. The van der Waals surface area contributed by atoms with Gasteiger partial charge in [-0.2, -0.15) is 0 Å². The van der Waals surface area contributed by atoms with Gasteiger partial charge in [-0.05, 0) is 98.9 Å². The van der Waals surface area contributed by atoms with E-state index in [1.54, 1.807) is 11.1 Å². The summed E-state index contributed by atoms with van der Waals surface area (Å²) in [6.45, 7) is 5.71. The Kier molecular flexibility index (Phi) is 5.13. The summed E-state index contributed by atoms with van der Waals surface area (Å²) in [4.78, 5) is 2.63. The van der Waals surface area contributed by atoms with Crippen molar-refractivity contribution in [1.29, 1.82) is 0 Å². The van der Waals surface area contributed by atoms with E-state index >= 15 is 0 Å². The summed E-state index contributed by atoms with van der Waals surface area (Å²) in [6.07, 6.45) is 7.77. The van der Waals surface area contributed by atoms with Crippen LogP contribution in [0.15, 0.2) is 48.5 Å². The highest BCUT2D eigenvalue weighted by atomic mass is 16.5. The van der Waals surface area contributed by atoms with Gasteiger partial charge in [-0.3, -0.25) is 4.90 Å². The Labute approximate surface area is 169 Å². The highest BCUT2D eigenvalue weighted by molar-refractivity contribution is 5.41. The molecule has 0 saturated carbocycles. The fourth-order valence-corrected chi connectivity index (χ4v) is 5.37. The quantitative estimate of drug-likeness (QED) is 0.866. The molecule has 3 nitrogen and oxygen atoms in total. The molecule has 0 radical (unpaired) electrons. The molecule has 2 saturated heterocycles. The molecule has 148 valence electrons. The van der Waals surface area contributed by atoms with Crippen LogP contribution in [0.25, 0.3) is 0 Å². The third-order valence-corrected chi connectivity index (χ3v) is 7.06. The van der Waals surface area contributed by atoms with E-state index in [1.807, 2.05) is 0 Å². The van der Waals surface area contributed by atoms with Gasteiger partial charge in [0.15, 0.2) is 0 Å². The summed E-state index contributed by atoms with van der Waals surface area (Å²) >= 11 is 0. The zero-order valence-corrected chi connectivity index (χ0v) is 16.8. The maximum absolute atomic E-state index is 6.29. The summed E-state index contributed by atoms with van der Waals surface area (Å²) in [5, 5.41) is 3.42. The molecule has 2 heterocycles. The number of ether oxygens (including phenoxy) is 1. The van der Waals surface area contributed by atoms with Crippen LogP contribution in [0.2, 0.25) is 0 Å². The third kappa shape index (κ3) is 3.97. The molecule has 0 amide bonds. The number of fused-ring (bicyclic) bond motifs is 1. The average molecular weight is 377 g/mol. The normalized spacial score (nSPS) is 22.3. The van der Waals surface area contributed by atoms with Gasteiger partial charge in [0.1, 0.15) is 11.9 Å². The van der Waals surface area contributed by atoms with E-state index in [9.17, 15) is 0 Å². The second-order valence-electron chi connectivity index (χ2n) is 9.11. The predicted octanol–water partition coefficient (Wildman–Crippen LogP) is 4.20. The molecular formula is C25H32N2O. The van der Waals surface area contributed by atoms with Crippen LogP contribution in [-0.2, 0) is 19.4 Å². The maximum Gasteiger partial charge on any atom is 0.120 e. The van der Waals surface area contributed by atoms with Crippen LogP contribution in [-0.4, -0.2) is 37.2 Å². The van der Waals surface area contributed by atoms with Gasteiger partial charge in [0, 0.05) is 6.54 Å². The first-order chi connectivity index (χ1) is 13.8. The van der Waals surface area contributed by atoms with Crippen molar-refractivity contribution < 1.29 is 4.74 Å². The molecule has 3 aliphatic rings. The lowest BCUT2D eigenvalue weighted by atomic mass is 9.76. The van der Waals surface area contributed by atoms with E-state index in [0.717, 1.165) is 38.2 Å². The largest absolute Gasteiger partial charge is 0.490 e. The Morgan fingerprint density at radius 1 is 0.929 bits per heavy atom. The molecule has 28 heavy (non-hydrogen) atoms. The number of hydrogen-bond donors (Lipinski definition) is 1. The predicted molar refractivity (Wildman–Crippen MR) is 114 cm³/mol. The lowest BCUT2D eigenvalue weighted by Crippen LogP contribution is -2.40. The zero-order valence-electron chi connectivity index (χ0n) is 16.8. The highest BCUT2D eigenvalue weighted by Crippen LogP contribution is 2.45. The minimum absolute atomic E-state index is 0.385. The molecule has 0 unspecified atom stereocenters. The van der Waals surface area contributed by atoms with Crippen molar-refractivity contribution in [2.75, 3.05) is 26.2 Å². The van der Waals surface area contributed by atoms with E-state index in [4.69, 9.17) is 4.74 Å². The van der Waals surface area contributed by atoms with Crippen LogP contribution in [0.1, 0.15) is 42.4 Å². The third-order valence-electron chi connectivity index (χ3n) is 7.06. The smallest absolute Gasteiger partial charge is 0.120 e. The topological polar surface area (TPSA) is 24.5 Å². The zero-order chi connectivity index (χ0) is 18.8. The average Bonchev–Trinajstić information content (AvgIpc) is 3.09. The van der Waals surface area contributed by atoms with Crippen molar-refractivity contribution in [3.8, 4) is 5.75 Å². The van der Waals surface area contributed by atoms with Gasteiger partial charge < -0.3 is 10.1 Å². The van der Waals surface area contributed by atoms with Crippen molar-refractivity contribution in [1.82, 2.24) is 10.2 Å². The van der Waals surface area contributed by atoms with Gasteiger partial charge in [0.05, 0.1) is 0 Å². The second kappa shape index (κ2) is 7.88. The maximum atomic E-state index is 6.29. The number of hydrogen-bond acceptors (Lipinski definition) is 3. The Bertz CT molecular complexity index is 789. The van der Waals surface area contributed by atoms with Crippen molar-refractivity contribution in [3.63, 3.8) is 0 Å². The first-order valence-corrected chi connectivity index (χ1v) is 11.0. The first-order valence-electron chi connectivity index (χ1n) is 11.0. The summed E-state index contributed by atoms with van der Waals surface area (Å²) in [5.74, 6) is 1.09. The van der Waals surface area contributed by atoms with Crippen LogP contribution in [0.5, 0.6) is 5.75 Å². The Morgan fingerprint density at radius 2 is 1.68 bits per heavy atom. The molecule has 0 atom stereocenters. The molecule has 3 heteroatoms. The van der Waals surface area contributed by atoms with E-state index in [-0.39, 0.29) is 0 Å². The van der Waals surface area contributed by atoms with Gasteiger partial charge in [-0.15, -0.1) is 0 Å². The van der Waals surface area contributed by atoms with Crippen LogP contribution < -0.4 is 10.1 Å². The van der Waals surface area contributed by atoms with E-state index < -0.39 is 0 Å². The van der Waals surface area contributed by atoms with E-state index in [1.165, 1.54) is 44.3 Å². The summed E-state index contributed by atoms with van der Waals surface area (Å²) in [7, 11) is 0. The fourth-order valence-electron chi connectivity index (χ4n) is 5.37. The van der Waals surface area contributed by atoms with Crippen molar-refractivity contribution in [2.24, 2.45) is 5.41 Å². The molecule has 1 aliphatic carbocycles. The van der Waals surface area contributed by atoms with E-state index in [2.05, 4.69) is 58.7 Å². The number of nitrogens with one attached hydrogen (secondary N) is 1. The molecule has 5 rings (SSSR count). The lowest BCUT2D eigenvalue weighted by molar-refractivity contribution is 0.106. The molecule has 1 N–H and O–H groups in total. The molecular weight excluding hydrogens is 344 g/mol. The Hall–Kier alpha value is -1.84. The number of benzene rings is 2. The van der Waals surface area contributed by atoms with Crippen LogP contribution in [0, 0.1) is 5.41 Å². The molecule has 2 aliphatic heterocycles. The first kappa shape index (κ1) is 18.2. The summed E-state index contributed by atoms with van der Waals surface area (Å²) in [5.41, 5.74) is 5.04. The molecule has 2 fully saturated rings. The van der Waals surface area contributed by atoms with Crippen LogP contribution >= 0.6 is 0 Å². The highest BCUT2D eigenvalue weighted by Gasteiger charge is 2.39. The lowest BCUT2D eigenvalue weighted by Gasteiger charge is -2.39. The monoisotopic (exact) mass is 376 g/mol. The van der Waals surface area contributed by atoms with Gasteiger partial charge in [0.2, 0.25) is 0 Å². The van der Waals surface area contributed by atoms with Crippen molar-refractivity contribution in [3.05, 3.63) is 65.2 Å². The molecule has 1 spiro atoms. The SMILES string of the molecule is c1ccc(CN2CCC3(CC2)Cc2ccc(OC4CCNCC4)cc2C3)cc1. The van der Waals surface area contributed by atoms with Crippen LogP contribution in [0.4, 0.5) is 0 Å². The number of piperidine rings is 2. The molecule has 0 aromatic heterocycles. The number of nitrogens with zero attached hydrogens (tertiary/aromatic N) is 1. The second-order valence-corrected chi connectivity index (χ2v) is 9.11. The van der Waals surface area contributed by atoms with Gasteiger partial charge in [-0.1, -0.05) is 36.4 Å². The van der Waals surface area contributed by atoms with Crippen LogP contribution in [0.3, 0.4) is 0 Å². The minimum atomic E-state index is 0.385. The number of likely N-dealkylation sites (tertiary alicyclic amines) is 1.